The number of carbonyl (C=O) groups is 3. The largest absolute Gasteiger partial charge is 0.459 e. The van der Waals surface area contributed by atoms with Gasteiger partial charge < -0.3 is 9.47 Å². The van der Waals surface area contributed by atoms with E-state index in [1.54, 1.807) is 60.7 Å². The van der Waals surface area contributed by atoms with Gasteiger partial charge in [-0.3, -0.25) is 0 Å². The molecule has 0 amide bonds. The molecule has 0 aromatic heterocycles. The van der Waals surface area contributed by atoms with E-state index in [-0.39, 0.29) is 17.7 Å². The minimum atomic E-state index is -1.44. The summed E-state index contributed by atoms with van der Waals surface area (Å²) >= 11 is 0. The molecular formula is C26H19FO7. The molecule has 7 nitrogen and oxygen atoms in total. The highest BCUT2D eigenvalue weighted by molar-refractivity contribution is 5.93. The molecule has 4 atom stereocenters. The Balaban J connectivity index is 1.30. The van der Waals surface area contributed by atoms with Crippen molar-refractivity contribution in [3.63, 3.8) is 0 Å². The molecule has 1 saturated heterocycles. The van der Waals surface area contributed by atoms with Crippen molar-refractivity contribution in [2.24, 2.45) is 0 Å². The van der Waals surface area contributed by atoms with Crippen LogP contribution in [0.4, 0.5) is 4.39 Å². The third kappa shape index (κ3) is 4.04. The lowest BCUT2D eigenvalue weighted by atomic mass is 9.80. The molecule has 0 radical (unpaired) electrons. The fourth-order valence-electron chi connectivity index (χ4n) is 4.30. The highest BCUT2D eigenvalue weighted by Crippen LogP contribution is 2.50. The van der Waals surface area contributed by atoms with E-state index in [0.29, 0.717) is 16.7 Å². The van der Waals surface area contributed by atoms with Crippen LogP contribution < -0.4 is 0 Å². The van der Waals surface area contributed by atoms with Gasteiger partial charge in [-0.2, -0.15) is 0 Å². The van der Waals surface area contributed by atoms with Crippen LogP contribution in [0.1, 0.15) is 54.2 Å². The predicted octanol–water partition coefficient (Wildman–Crippen LogP) is 4.35. The van der Waals surface area contributed by atoms with Crippen LogP contribution in [0.25, 0.3) is 0 Å². The summed E-state index contributed by atoms with van der Waals surface area (Å²) in [7, 11) is 0. The lowest BCUT2D eigenvalue weighted by Gasteiger charge is -2.25. The first-order valence-electron chi connectivity index (χ1n) is 10.7. The molecule has 2 aliphatic rings. The van der Waals surface area contributed by atoms with Crippen LogP contribution in [0.15, 0.2) is 78.9 Å². The highest BCUT2D eigenvalue weighted by atomic mass is 19.1. The van der Waals surface area contributed by atoms with Crippen molar-refractivity contribution in [2.45, 2.75) is 24.3 Å². The molecule has 1 aliphatic carbocycles. The summed E-state index contributed by atoms with van der Waals surface area (Å²) in [4.78, 5) is 46.5. The van der Waals surface area contributed by atoms with Gasteiger partial charge in [0.1, 0.15) is 25.0 Å². The summed E-state index contributed by atoms with van der Waals surface area (Å²) in [6, 6.07) is 21.2. The lowest BCUT2D eigenvalue weighted by Crippen LogP contribution is -2.29. The van der Waals surface area contributed by atoms with Gasteiger partial charge >= 0.3 is 17.9 Å². The summed E-state index contributed by atoms with van der Waals surface area (Å²) in [5.41, 5.74) is 1.53. The van der Waals surface area contributed by atoms with Gasteiger partial charge in [-0.1, -0.05) is 48.5 Å². The predicted molar refractivity (Wildman–Crippen MR) is 116 cm³/mol. The second-order valence-electron chi connectivity index (χ2n) is 7.98. The van der Waals surface area contributed by atoms with Crippen molar-refractivity contribution in [3.05, 3.63) is 107 Å². The maximum Gasteiger partial charge on any atom is 0.386 e. The van der Waals surface area contributed by atoms with E-state index in [4.69, 9.17) is 14.4 Å². The second-order valence-corrected chi connectivity index (χ2v) is 7.98. The SMILES string of the molecule is O=C(OCC1OC2c3ccc(C(=O)OOC(=O)c4ccccc4)c(c3)C1C2F)c1ccccc1. The van der Waals surface area contributed by atoms with Crippen LogP contribution in [0, 0.1) is 0 Å². The number of hydrogen-bond acceptors (Lipinski definition) is 7. The topological polar surface area (TPSA) is 88.1 Å². The summed E-state index contributed by atoms with van der Waals surface area (Å²) in [5, 5.41) is 0. The van der Waals surface area contributed by atoms with Crippen molar-refractivity contribution in [3.8, 4) is 0 Å². The van der Waals surface area contributed by atoms with E-state index in [2.05, 4.69) is 4.89 Å². The first-order valence-corrected chi connectivity index (χ1v) is 10.7. The number of rotatable bonds is 5. The summed E-state index contributed by atoms with van der Waals surface area (Å²) in [6.07, 6.45) is -3.06. The average Bonchev–Trinajstić information content (AvgIpc) is 3.15. The van der Waals surface area contributed by atoms with Crippen LogP contribution in [0.5, 0.6) is 0 Å². The summed E-state index contributed by atoms with van der Waals surface area (Å²) in [6.45, 7) is -0.189. The number of esters is 1. The van der Waals surface area contributed by atoms with Crippen LogP contribution in [-0.4, -0.2) is 36.8 Å². The molecule has 0 N–H and O–H groups in total. The van der Waals surface area contributed by atoms with Crippen LogP contribution in [-0.2, 0) is 19.2 Å². The Labute approximate surface area is 193 Å². The fraction of sp³-hybridized carbons (Fsp3) is 0.192. The monoisotopic (exact) mass is 462 g/mol. The zero-order valence-corrected chi connectivity index (χ0v) is 17.8. The highest BCUT2D eigenvalue weighted by Gasteiger charge is 2.51. The number of carbonyl (C=O) groups excluding carboxylic acids is 3. The number of fused-ring (bicyclic) bond motifs is 6. The number of ether oxygens (including phenoxy) is 2. The lowest BCUT2D eigenvalue weighted by molar-refractivity contribution is -0.187. The Bertz CT molecular complexity index is 1230. The maximum absolute atomic E-state index is 15.2. The fourth-order valence-corrected chi connectivity index (χ4v) is 4.30. The van der Waals surface area contributed by atoms with Gasteiger partial charge in [-0.25, -0.2) is 28.5 Å². The number of benzene rings is 3. The first kappa shape index (κ1) is 21.8. The zero-order chi connectivity index (χ0) is 23.7. The van der Waals surface area contributed by atoms with Crippen molar-refractivity contribution < 1.29 is 38.0 Å². The van der Waals surface area contributed by atoms with Gasteiger partial charge in [0.2, 0.25) is 0 Å². The molecule has 1 heterocycles. The minimum absolute atomic E-state index is 0.0422. The van der Waals surface area contributed by atoms with Gasteiger partial charge in [0, 0.05) is 5.92 Å². The molecule has 4 bridgehead atoms. The third-order valence-corrected chi connectivity index (χ3v) is 5.93. The Kier molecular flexibility index (Phi) is 5.81. The number of hydrogen-bond donors (Lipinski definition) is 0. The minimum Gasteiger partial charge on any atom is -0.459 e. The Morgan fingerprint density at radius 1 is 0.794 bits per heavy atom. The normalized spacial score (nSPS) is 22.0. The second kappa shape index (κ2) is 9.07. The summed E-state index contributed by atoms with van der Waals surface area (Å²) < 4.78 is 26.4. The van der Waals surface area contributed by atoms with E-state index in [1.165, 1.54) is 18.2 Å². The maximum atomic E-state index is 15.2. The molecule has 172 valence electrons. The number of alkyl halides is 1. The van der Waals surface area contributed by atoms with Crippen LogP contribution in [0.2, 0.25) is 0 Å². The molecular weight excluding hydrogens is 443 g/mol. The molecule has 8 heteroatoms. The number of halogens is 1. The third-order valence-electron chi connectivity index (χ3n) is 5.93. The summed E-state index contributed by atoms with van der Waals surface area (Å²) in [5.74, 6) is -3.18. The van der Waals surface area contributed by atoms with E-state index < -0.39 is 42.2 Å². The molecule has 0 spiro atoms. The van der Waals surface area contributed by atoms with E-state index in [1.807, 2.05) is 0 Å². The van der Waals surface area contributed by atoms with Gasteiger partial charge in [0.25, 0.3) is 0 Å². The molecule has 3 aromatic carbocycles. The molecule has 1 fully saturated rings. The Morgan fingerprint density at radius 3 is 2.09 bits per heavy atom. The van der Waals surface area contributed by atoms with Crippen LogP contribution in [0.3, 0.4) is 0 Å². The van der Waals surface area contributed by atoms with E-state index in [9.17, 15) is 14.4 Å². The van der Waals surface area contributed by atoms with Gasteiger partial charge in [0.05, 0.1) is 16.7 Å². The molecule has 3 aromatic rings. The average molecular weight is 462 g/mol. The van der Waals surface area contributed by atoms with Crippen molar-refractivity contribution in [1.29, 1.82) is 0 Å². The quantitative estimate of drug-likeness (QED) is 0.317. The van der Waals surface area contributed by atoms with Gasteiger partial charge in [0.15, 0.2) is 0 Å². The van der Waals surface area contributed by atoms with Gasteiger partial charge in [-0.15, -0.1) is 0 Å². The Morgan fingerprint density at radius 2 is 1.41 bits per heavy atom. The molecule has 4 unspecified atom stereocenters. The Hall–Kier alpha value is -4.04. The molecule has 5 rings (SSSR count). The van der Waals surface area contributed by atoms with E-state index >= 15 is 4.39 Å². The van der Waals surface area contributed by atoms with Crippen LogP contribution >= 0.6 is 0 Å². The zero-order valence-electron chi connectivity index (χ0n) is 17.8. The smallest absolute Gasteiger partial charge is 0.386 e. The molecule has 1 aliphatic heterocycles. The van der Waals surface area contributed by atoms with Crippen molar-refractivity contribution in [1.82, 2.24) is 0 Å². The molecule has 0 saturated carbocycles. The first-order chi connectivity index (χ1) is 16.5. The molecule has 34 heavy (non-hydrogen) atoms. The van der Waals surface area contributed by atoms with Crippen molar-refractivity contribution >= 4 is 17.9 Å². The standard InChI is InChI=1S/C26H19FO7/c27-22-21-19-13-17(23(22)32-20(21)14-31-24(28)15-7-3-1-4-8-15)11-12-18(19)26(30)34-33-25(29)16-9-5-2-6-10-16/h1-13,20-23H,14H2. The van der Waals surface area contributed by atoms with E-state index in [0.717, 1.165) is 0 Å². The van der Waals surface area contributed by atoms with Crippen molar-refractivity contribution in [2.75, 3.05) is 6.61 Å². The van der Waals surface area contributed by atoms with Gasteiger partial charge in [-0.05, 0) is 41.5 Å².